The number of nitrogens with one attached hydrogen (secondary N) is 1. The van der Waals surface area contributed by atoms with Crippen molar-refractivity contribution in [3.63, 3.8) is 0 Å². The summed E-state index contributed by atoms with van der Waals surface area (Å²) in [7, 11) is -4.81. The van der Waals surface area contributed by atoms with Gasteiger partial charge in [-0.2, -0.15) is 8.78 Å². The van der Waals surface area contributed by atoms with Gasteiger partial charge < -0.3 is 5.32 Å². The zero-order valence-corrected chi connectivity index (χ0v) is 17.8. The summed E-state index contributed by atoms with van der Waals surface area (Å²) in [4.78, 5) is 14.1. The molecule has 2 aromatic rings. The van der Waals surface area contributed by atoms with Crippen molar-refractivity contribution < 1.29 is 22.0 Å². The van der Waals surface area contributed by atoms with E-state index in [0.717, 1.165) is 24.5 Å². The molecule has 1 amide bonds. The highest BCUT2D eigenvalue weighted by Crippen LogP contribution is 2.29. The van der Waals surface area contributed by atoms with E-state index in [1.54, 1.807) is 0 Å². The Hall–Kier alpha value is -2.32. The SMILES string of the molecule is CC(C)c1ccc(CN(CC(=O)Nc2ccccc2S(=O)(=O)C(F)F)C2CC2)cc1. The quantitative estimate of drug-likeness (QED) is 0.632. The number of carbonyl (C=O) groups is 1. The van der Waals surface area contributed by atoms with Crippen LogP contribution in [0, 0.1) is 0 Å². The summed E-state index contributed by atoms with van der Waals surface area (Å²) in [5.74, 6) is -3.54. The second-order valence-electron chi connectivity index (χ2n) is 7.88. The maximum atomic E-state index is 13.0. The van der Waals surface area contributed by atoms with E-state index >= 15 is 0 Å². The number of carbonyl (C=O) groups excluding carboxylic acids is 1. The van der Waals surface area contributed by atoms with Crippen LogP contribution >= 0.6 is 0 Å². The number of sulfone groups is 1. The lowest BCUT2D eigenvalue weighted by Crippen LogP contribution is -2.34. The first kappa shape index (κ1) is 22.4. The number of para-hydroxylation sites is 1. The van der Waals surface area contributed by atoms with Gasteiger partial charge in [0, 0.05) is 12.6 Å². The monoisotopic (exact) mass is 436 g/mol. The van der Waals surface area contributed by atoms with Crippen LogP contribution in [0.1, 0.15) is 43.7 Å². The van der Waals surface area contributed by atoms with E-state index in [0.29, 0.717) is 18.5 Å². The third-order valence-corrected chi connectivity index (χ3v) is 6.58. The molecule has 0 bridgehead atoms. The van der Waals surface area contributed by atoms with Gasteiger partial charge >= 0.3 is 5.76 Å². The Morgan fingerprint density at radius 2 is 1.73 bits per heavy atom. The average Bonchev–Trinajstić information content (AvgIpc) is 3.53. The fourth-order valence-corrected chi connectivity index (χ4v) is 4.17. The van der Waals surface area contributed by atoms with Crippen LogP contribution in [0.2, 0.25) is 0 Å². The van der Waals surface area contributed by atoms with Crippen molar-refractivity contribution in [2.45, 2.75) is 55.8 Å². The van der Waals surface area contributed by atoms with Gasteiger partial charge in [-0.3, -0.25) is 9.69 Å². The molecule has 5 nitrogen and oxygen atoms in total. The van der Waals surface area contributed by atoms with E-state index in [2.05, 4.69) is 31.3 Å². The lowest BCUT2D eigenvalue weighted by atomic mass is 10.0. The Balaban J connectivity index is 1.70. The molecular weight excluding hydrogens is 410 g/mol. The molecule has 3 rings (SSSR count). The molecule has 0 unspecified atom stereocenters. The smallest absolute Gasteiger partial charge is 0.324 e. The second-order valence-corrected chi connectivity index (χ2v) is 9.77. The summed E-state index contributed by atoms with van der Waals surface area (Å²) in [5, 5.41) is 2.50. The number of hydrogen-bond donors (Lipinski definition) is 1. The lowest BCUT2D eigenvalue weighted by Gasteiger charge is -2.22. The predicted molar refractivity (Wildman–Crippen MR) is 112 cm³/mol. The Kier molecular flexibility index (Phi) is 6.88. The number of halogens is 2. The molecule has 1 N–H and O–H groups in total. The number of nitrogens with zero attached hydrogens (tertiary/aromatic N) is 1. The molecule has 0 aromatic heterocycles. The van der Waals surface area contributed by atoms with E-state index in [1.165, 1.54) is 23.8 Å². The summed E-state index contributed by atoms with van der Waals surface area (Å²) < 4.78 is 49.7. The van der Waals surface area contributed by atoms with Gasteiger partial charge in [0.1, 0.15) is 0 Å². The maximum Gasteiger partial charge on any atom is 0.341 e. The average molecular weight is 437 g/mol. The topological polar surface area (TPSA) is 66.5 Å². The van der Waals surface area contributed by atoms with Crippen LogP contribution < -0.4 is 5.32 Å². The predicted octanol–water partition coefficient (Wildman–Crippen LogP) is 4.41. The Morgan fingerprint density at radius 1 is 1.10 bits per heavy atom. The fraction of sp³-hybridized carbons (Fsp3) is 0.409. The highest BCUT2D eigenvalue weighted by molar-refractivity contribution is 7.91. The van der Waals surface area contributed by atoms with Gasteiger partial charge in [-0.25, -0.2) is 8.42 Å². The summed E-state index contributed by atoms with van der Waals surface area (Å²) in [6, 6.07) is 13.8. The Bertz CT molecular complexity index is 988. The van der Waals surface area contributed by atoms with Crippen LogP contribution in [0.25, 0.3) is 0 Å². The first-order valence-corrected chi connectivity index (χ1v) is 11.5. The largest absolute Gasteiger partial charge is 0.341 e. The molecule has 0 spiro atoms. The van der Waals surface area contributed by atoms with Gasteiger partial charge in [-0.15, -0.1) is 0 Å². The number of benzene rings is 2. The van der Waals surface area contributed by atoms with Gasteiger partial charge in [0.15, 0.2) is 0 Å². The first-order valence-electron chi connectivity index (χ1n) is 9.92. The normalized spacial score (nSPS) is 14.5. The Labute approximate surface area is 176 Å². The summed E-state index contributed by atoms with van der Waals surface area (Å²) in [6.07, 6.45) is 1.99. The molecule has 0 saturated heterocycles. The van der Waals surface area contributed by atoms with Crippen molar-refractivity contribution in [1.82, 2.24) is 4.90 Å². The summed E-state index contributed by atoms with van der Waals surface area (Å²) >= 11 is 0. The fourth-order valence-electron chi connectivity index (χ4n) is 3.28. The van der Waals surface area contributed by atoms with Gasteiger partial charge in [0.05, 0.1) is 17.1 Å². The summed E-state index contributed by atoms with van der Waals surface area (Å²) in [5.41, 5.74) is 2.20. The van der Waals surface area contributed by atoms with Gasteiger partial charge in [0.2, 0.25) is 15.7 Å². The highest BCUT2D eigenvalue weighted by atomic mass is 32.2. The first-order chi connectivity index (χ1) is 14.2. The molecule has 8 heteroatoms. The standard InChI is InChI=1S/C22H26F2N2O3S/c1-15(2)17-9-7-16(8-10-17)13-26(18-11-12-18)14-21(27)25-19-5-3-4-6-20(19)30(28,29)22(23)24/h3-10,15,18,22H,11-14H2,1-2H3,(H,25,27). The molecule has 1 saturated carbocycles. The molecule has 0 radical (unpaired) electrons. The number of hydrogen-bond acceptors (Lipinski definition) is 4. The van der Waals surface area contributed by atoms with Crippen LogP contribution in [0.3, 0.4) is 0 Å². The van der Waals surface area contributed by atoms with Crippen LogP contribution in [-0.4, -0.2) is 37.6 Å². The lowest BCUT2D eigenvalue weighted by molar-refractivity contribution is -0.117. The van der Waals surface area contributed by atoms with Crippen LogP contribution in [0.5, 0.6) is 0 Å². The third kappa shape index (κ3) is 5.43. The summed E-state index contributed by atoms with van der Waals surface area (Å²) in [6.45, 7) is 4.90. The van der Waals surface area contributed by atoms with Crippen molar-refractivity contribution in [2.75, 3.05) is 11.9 Å². The molecule has 0 atom stereocenters. The highest BCUT2D eigenvalue weighted by Gasteiger charge is 2.32. The molecule has 1 aliphatic rings. The van der Waals surface area contributed by atoms with E-state index in [4.69, 9.17) is 0 Å². The van der Waals surface area contributed by atoms with E-state index < -0.39 is 26.4 Å². The van der Waals surface area contributed by atoms with Crippen molar-refractivity contribution in [1.29, 1.82) is 0 Å². The van der Waals surface area contributed by atoms with Crippen LogP contribution in [-0.2, 0) is 21.2 Å². The van der Waals surface area contributed by atoms with E-state index in [-0.39, 0.29) is 12.2 Å². The minimum atomic E-state index is -4.81. The number of alkyl halides is 2. The molecule has 0 aliphatic heterocycles. The third-order valence-electron chi connectivity index (χ3n) is 5.14. The van der Waals surface area contributed by atoms with E-state index in [1.807, 2.05) is 17.0 Å². The van der Waals surface area contributed by atoms with Gasteiger partial charge in [0.25, 0.3) is 0 Å². The maximum absolute atomic E-state index is 13.0. The van der Waals surface area contributed by atoms with Crippen LogP contribution in [0.4, 0.5) is 14.5 Å². The van der Waals surface area contributed by atoms with Crippen molar-refractivity contribution in [3.05, 3.63) is 59.7 Å². The van der Waals surface area contributed by atoms with Crippen molar-refractivity contribution in [2.24, 2.45) is 0 Å². The van der Waals surface area contributed by atoms with Gasteiger partial charge in [-0.05, 0) is 42.0 Å². The minimum Gasteiger partial charge on any atom is -0.324 e. The zero-order valence-electron chi connectivity index (χ0n) is 17.0. The number of rotatable bonds is 9. The molecule has 1 aliphatic carbocycles. The number of amides is 1. The van der Waals surface area contributed by atoms with Crippen molar-refractivity contribution >= 4 is 21.4 Å². The number of anilines is 1. The molecule has 0 heterocycles. The molecule has 30 heavy (non-hydrogen) atoms. The zero-order chi connectivity index (χ0) is 21.9. The Morgan fingerprint density at radius 3 is 2.30 bits per heavy atom. The molecule has 162 valence electrons. The van der Waals surface area contributed by atoms with Gasteiger partial charge in [-0.1, -0.05) is 50.2 Å². The van der Waals surface area contributed by atoms with Crippen LogP contribution in [0.15, 0.2) is 53.4 Å². The van der Waals surface area contributed by atoms with E-state index in [9.17, 15) is 22.0 Å². The minimum absolute atomic E-state index is 0.0552. The molecular formula is C22H26F2N2O3S. The second kappa shape index (κ2) is 9.22. The molecule has 2 aromatic carbocycles. The van der Waals surface area contributed by atoms with Crippen molar-refractivity contribution in [3.8, 4) is 0 Å². The molecule has 1 fully saturated rings.